The summed E-state index contributed by atoms with van der Waals surface area (Å²) in [6.07, 6.45) is 10.0. The Morgan fingerprint density at radius 1 is 0.810 bits per heavy atom. The Labute approximate surface area is 128 Å². The van der Waals surface area contributed by atoms with Crippen molar-refractivity contribution >= 4 is 0 Å². The first kappa shape index (κ1) is 15.3. The lowest BCUT2D eigenvalue weighted by Crippen LogP contribution is -1.87. The molecule has 2 aromatic rings. The van der Waals surface area contributed by atoms with Gasteiger partial charge in [0, 0.05) is 0 Å². The van der Waals surface area contributed by atoms with E-state index in [-0.39, 0.29) is 0 Å². The third-order valence-electron chi connectivity index (χ3n) is 3.55. The molecule has 2 rings (SSSR count). The smallest absolute Gasteiger partial charge is 0.00667 e. The summed E-state index contributed by atoms with van der Waals surface area (Å²) >= 11 is 0. The minimum Gasteiger partial charge on any atom is -0.0992 e. The summed E-state index contributed by atoms with van der Waals surface area (Å²) in [5.74, 6) is 0. The van der Waals surface area contributed by atoms with Gasteiger partial charge in [0.25, 0.3) is 0 Å². The van der Waals surface area contributed by atoms with Crippen LogP contribution in [0, 0.1) is 0 Å². The Bertz CT molecular complexity index is 549. The van der Waals surface area contributed by atoms with E-state index in [4.69, 9.17) is 0 Å². The fourth-order valence-electron chi connectivity index (χ4n) is 2.39. The monoisotopic (exact) mass is 276 g/mol. The van der Waals surface area contributed by atoms with E-state index in [2.05, 4.69) is 79.4 Å². The maximum absolute atomic E-state index is 4.16. The van der Waals surface area contributed by atoms with Crippen molar-refractivity contribution in [1.29, 1.82) is 0 Å². The van der Waals surface area contributed by atoms with E-state index in [9.17, 15) is 0 Å². The Morgan fingerprint density at radius 3 is 2.10 bits per heavy atom. The van der Waals surface area contributed by atoms with E-state index in [0.29, 0.717) is 0 Å². The molecule has 0 aliphatic rings. The summed E-state index contributed by atoms with van der Waals surface area (Å²) in [4.78, 5) is 0. The first-order chi connectivity index (χ1) is 10.3. The van der Waals surface area contributed by atoms with Gasteiger partial charge in [0.15, 0.2) is 0 Å². The SMILES string of the molecule is C=C(C/C=C/CCCc1ccccc1)Cc1ccccc1. The predicted octanol–water partition coefficient (Wildman–Crippen LogP) is 5.75. The van der Waals surface area contributed by atoms with E-state index < -0.39 is 0 Å². The molecular formula is C21H24. The fourth-order valence-corrected chi connectivity index (χ4v) is 2.39. The fraction of sp³-hybridized carbons (Fsp3) is 0.238. The van der Waals surface area contributed by atoms with Crippen molar-refractivity contribution in [2.45, 2.75) is 32.1 Å². The highest BCUT2D eigenvalue weighted by Crippen LogP contribution is 2.11. The number of aryl methyl sites for hydroxylation is 1. The molecule has 0 unspecified atom stereocenters. The van der Waals surface area contributed by atoms with Crippen molar-refractivity contribution in [3.63, 3.8) is 0 Å². The van der Waals surface area contributed by atoms with Gasteiger partial charge in [-0.15, -0.1) is 0 Å². The lowest BCUT2D eigenvalue weighted by Gasteiger charge is -2.02. The quantitative estimate of drug-likeness (QED) is 0.425. The van der Waals surface area contributed by atoms with Gasteiger partial charge in [-0.2, -0.15) is 0 Å². The largest absolute Gasteiger partial charge is 0.0992 e. The standard InChI is InChI=1S/C21H24/c1-19(18-21-16-10-5-11-17-21)12-6-2-3-7-13-20-14-8-4-9-15-20/h2,4-6,8-11,14-17H,1,3,7,12-13,18H2/b6-2+. The number of benzene rings is 2. The molecule has 108 valence electrons. The Hall–Kier alpha value is -2.08. The summed E-state index contributed by atoms with van der Waals surface area (Å²) in [6.45, 7) is 4.16. The van der Waals surface area contributed by atoms with Crippen LogP contribution in [0.5, 0.6) is 0 Å². The van der Waals surface area contributed by atoms with Crippen LogP contribution in [-0.2, 0) is 12.8 Å². The highest BCUT2D eigenvalue weighted by molar-refractivity contribution is 5.21. The molecule has 0 saturated heterocycles. The van der Waals surface area contributed by atoms with Gasteiger partial charge in [0.1, 0.15) is 0 Å². The second-order valence-electron chi connectivity index (χ2n) is 5.47. The first-order valence-corrected chi connectivity index (χ1v) is 7.74. The molecule has 0 radical (unpaired) electrons. The summed E-state index contributed by atoms with van der Waals surface area (Å²) in [7, 11) is 0. The Kier molecular flexibility index (Phi) is 6.54. The topological polar surface area (TPSA) is 0 Å². The highest BCUT2D eigenvalue weighted by Gasteiger charge is 1.95. The molecule has 0 N–H and O–H groups in total. The molecule has 2 aromatic carbocycles. The van der Waals surface area contributed by atoms with Crippen LogP contribution in [0.1, 0.15) is 30.4 Å². The average Bonchev–Trinajstić information content (AvgIpc) is 2.53. The van der Waals surface area contributed by atoms with Gasteiger partial charge in [0.2, 0.25) is 0 Å². The van der Waals surface area contributed by atoms with Gasteiger partial charge in [0.05, 0.1) is 0 Å². The Balaban J connectivity index is 1.61. The molecule has 0 aliphatic carbocycles. The van der Waals surface area contributed by atoms with Crippen molar-refractivity contribution < 1.29 is 0 Å². The zero-order valence-corrected chi connectivity index (χ0v) is 12.7. The van der Waals surface area contributed by atoms with Crippen molar-refractivity contribution in [3.8, 4) is 0 Å². The summed E-state index contributed by atoms with van der Waals surface area (Å²) in [5, 5.41) is 0. The molecule has 0 nitrogen and oxygen atoms in total. The van der Waals surface area contributed by atoms with Crippen LogP contribution >= 0.6 is 0 Å². The maximum atomic E-state index is 4.16. The number of hydrogen-bond donors (Lipinski definition) is 0. The molecule has 0 spiro atoms. The molecule has 0 saturated carbocycles. The molecule has 0 bridgehead atoms. The molecule has 0 heteroatoms. The lowest BCUT2D eigenvalue weighted by molar-refractivity contribution is 0.840. The van der Waals surface area contributed by atoms with Crippen LogP contribution < -0.4 is 0 Å². The van der Waals surface area contributed by atoms with E-state index in [0.717, 1.165) is 25.7 Å². The molecule has 0 aromatic heterocycles. The van der Waals surface area contributed by atoms with Crippen LogP contribution in [0.25, 0.3) is 0 Å². The van der Waals surface area contributed by atoms with E-state index in [1.165, 1.54) is 23.1 Å². The molecule has 0 fully saturated rings. The number of hydrogen-bond acceptors (Lipinski definition) is 0. The van der Waals surface area contributed by atoms with E-state index in [1.807, 2.05) is 0 Å². The summed E-state index contributed by atoms with van der Waals surface area (Å²) in [5.41, 5.74) is 4.06. The van der Waals surface area contributed by atoms with Crippen molar-refractivity contribution in [1.82, 2.24) is 0 Å². The zero-order valence-electron chi connectivity index (χ0n) is 12.7. The summed E-state index contributed by atoms with van der Waals surface area (Å²) in [6, 6.07) is 21.2. The predicted molar refractivity (Wildman–Crippen MR) is 92.4 cm³/mol. The molecule has 21 heavy (non-hydrogen) atoms. The van der Waals surface area contributed by atoms with Crippen molar-refractivity contribution in [3.05, 3.63) is 96.1 Å². The van der Waals surface area contributed by atoms with Gasteiger partial charge in [-0.3, -0.25) is 0 Å². The normalized spacial score (nSPS) is 10.9. The molecule has 0 atom stereocenters. The van der Waals surface area contributed by atoms with Gasteiger partial charge < -0.3 is 0 Å². The highest BCUT2D eigenvalue weighted by atomic mass is 14.0. The molecule has 0 heterocycles. The molecule has 0 amide bonds. The zero-order chi connectivity index (χ0) is 14.8. The minimum atomic E-state index is 0.981. The van der Waals surface area contributed by atoms with Crippen molar-refractivity contribution in [2.75, 3.05) is 0 Å². The van der Waals surface area contributed by atoms with Crippen LogP contribution in [0.4, 0.5) is 0 Å². The summed E-state index contributed by atoms with van der Waals surface area (Å²) < 4.78 is 0. The number of allylic oxidation sites excluding steroid dienone is 3. The number of rotatable bonds is 8. The second-order valence-corrected chi connectivity index (χ2v) is 5.47. The average molecular weight is 276 g/mol. The lowest BCUT2D eigenvalue weighted by atomic mass is 10.0. The Morgan fingerprint density at radius 2 is 1.43 bits per heavy atom. The van der Waals surface area contributed by atoms with Crippen molar-refractivity contribution in [2.24, 2.45) is 0 Å². The van der Waals surface area contributed by atoms with Gasteiger partial charge in [-0.1, -0.05) is 85.0 Å². The third kappa shape index (κ3) is 6.27. The molecular weight excluding hydrogens is 252 g/mol. The third-order valence-corrected chi connectivity index (χ3v) is 3.55. The van der Waals surface area contributed by atoms with E-state index >= 15 is 0 Å². The van der Waals surface area contributed by atoms with Crippen LogP contribution in [0.2, 0.25) is 0 Å². The van der Waals surface area contributed by atoms with Gasteiger partial charge in [-0.05, 0) is 43.2 Å². The van der Waals surface area contributed by atoms with E-state index in [1.54, 1.807) is 0 Å². The van der Waals surface area contributed by atoms with Crippen LogP contribution in [0.15, 0.2) is 85.0 Å². The van der Waals surface area contributed by atoms with Gasteiger partial charge >= 0.3 is 0 Å². The van der Waals surface area contributed by atoms with Crippen LogP contribution in [-0.4, -0.2) is 0 Å². The van der Waals surface area contributed by atoms with Crippen LogP contribution in [0.3, 0.4) is 0 Å². The number of unbranched alkanes of at least 4 members (excludes halogenated alkanes) is 1. The van der Waals surface area contributed by atoms with Gasteiger partial charge in [-0.25, -0.2) is 0 Å². The minimum absolute atomic E-state index is 0.981. The second kappa shape index (κ2) is 8.97. The molecule has 0 aliphatic heterocycles. The first-order valence-electron chi connectivity index (χ1n) is 7.74. The maximum Gasteiger partial charge on any atom is -0.00667 e.